The fourth-order valence-electron chi connectivity index (χ4n) is 4.31. The summed E-state index contributed by atoms with van der Waals surface area (Å²) in [6.45, 7) is 4.05. The van der Waals surface area contributed by atoms with Crippen molar-refractivity contribution in [2.24, 2.45) is 14.1 Å². The smallest absolute Gasteiger partial charge is 0.328 e. The van der Waals surface area contributed by atoms with Gasteiger partial charge < -0.3 is 15.5 Å². The van der Waals surface area contributed by atoms with Crippen molar-refractivity contribution in [2.75, 3.05) is 45.1 Å². The van der Waals surface area contributed by atoms with Crippen LogP contribution in [0, 0.1) is 0 Å². The Morgan fingerprint density at radius 2 is 1.55 bits per heavy atom. The molecular weight excluding hydrogens is 420 g/mol. The molecule has 33 heavy (non-hydrogen) atoms. The first-order valence-electron chi connectivity index (χ1n) is 11.1. The van der Waals surface area contributed by atoms with Crippen LogP contribution in [0.3, 0.4) is 0 Å². The van der Waals surface area contributed by atoms with E-state index < -0.39 is 11.8 Å². The lowest BCUT2D eigenvalue weighted by molar-refractivity contribution is -0.136. The highest BCUT2D eigenvalue weighted by Gasteiger charge is 2.25. The molecule has 174 valence electrons. The summed E-state index contributed by atoms with van der Waals surface area (Å²) in [5, 5.41) is 5.45. The van der Waals surface area contributed by atoms with Gasteiger partial charge in [-0.25, -0.2) is 4.79 Å². The number of anilines is 1. The van der Waals surface area contributed by atoms with Gasteiger partial charge in [0.15, 0.2) is 0 Å². The molecule has 9 heteroatoms. The average Bonchev–Trinajstić information content (AvgIpc) is 3.04. The number of nitrogens with zero attached hydrogens (tertiary/aromatic N) is 4. The van der Waals surface area contributed by atoms with Crippen molar-refractivity contribution in [3.8, 4) is 0 Å². The number of hydrogen-bond donors (Lipinski definition) is 2. The molecule has 0 unspecified atom stereocenters. The van der Waals surface area contributed by atoms with Crippen molar-refractivity contribution in [3.05, 3.63) is 64.6 Å². The van der Waals surface area contributed by atoms with E-state index in [1.807, 2.05) is 18.2 Å². The van der Waals surface area contributed by atoms with Crippen LogP contribution in [0.25, 0.3) is 11.0 Å². The molecule has 1 saturated heterocycles. The number of rotatable bonds is 5. The Morgan fingerprint density at radius 1 is 0.879 bits per heavy atom. The van der Waals surface area contributed by atoms with Crippen molar-refractivity contribution in [1.82, 2.24) is 24.3 Å². The van der Waals surface area contributed by atoms with Gasteiger partial charge >= 0.3 is 17.5 Å². The Hall–Kier alpha value is -3.43. The van der Waals surface area contributed by atoms with Gasteiger partial charge in [0.25, 0.3) is 0 Å². The van der Waals surface area contributed by atoms with Gasteiger partial charge in [-0.2, -0.15) is 0 Å². The standard InChI is InChI=1S/C24H30N6O3/c1-27-11-13-30(14-12-27)21(17-7-5-4-6-8-17)16-25-22(31)23(32)26-18-9-10-19-20(15-18)29(3)24(33)28(19)2/h4-10,15,21H,11-14,16H2,1-3H3,(H,25,31)(H,26,32)/t21-/m1/s1. The third-order valence-corrected chi connectivity index (χ3v) is 6.36. The second-order valence-corrected chi connectivity index (χ2v) is 8.53. The molecule has 3 aromatic rings. The largest absolute Gasteiger partial charge is 0.346 e. The molecule has 4 rings (SSSR count). The molecule has 0 bridgehead atoms. The van der Waals surface area contributed by atoms with Crippen molar-refractivity contribution >= 4 is 28.5 Å². The first-order chi connectivity index (χ1) is 15.8. The molecule has 2 N–H and O–H groups in total. The molecule has 2 aromatic carbocycles. The Kier molecular flexibility index (Phi) is 6.62. The van der Waals surface area contributed by atoms with E-state index in [-0.39, 0.29) is 11.7 Å². The Labute approximate surface area is 192 Å². The number of carbonyl (C=O) groups excluding carboxylic acids is 2. The van der Waals surface area contributed by atoms with Gasteiger partial charge in [-0.1, -0.05) is 30.3 Å². The summed E-state index contributed by atoms with van der Waals surface area (Å²) in [4.78, 5) is 41.9. The van der Waals surface area contributed by atoms with E-state index in [4.69, 9.17) is 0 Å². The third-order valence-electron chi connectivity index (χ3n) is 6.36. The van der Waals surface area contributed by atoms with Crippen LogP contribution in [0.4, 0.5) is 5.69 Å². The molecule has 1 aliphatic rings. The van der Waals surface area contributed by atoms with Gasteiger partial charge in [-0.05, 0) is 30.8 Å². The molecule has 0 radical (unpaired) electrons. The lowest BCUT2D eigenvalue weighted by Gasteiger charge is -2.38. The highest BCUT2D eigenvalue weighted by atomic mass is 16.2. The van der Waals surface area contributed by atoms with E-state index >= 15 is 0 Å². The number of aryl methyl sites for hydroxylation is 2. The van der Waals surface area contributed by atoms with Gasteiger partial charge in [0.1, 0.15) is 0 Å². The zero-order valence-electron chi connectivity index (χ0n) is 19.2. The Morgan fingerprint density at radius 3 is 2.24 bits per heavy atom. The third kappa shape index (κ3) is 4.84. The summed E-state index contributed by atoms with van der Waals surface area (Å²) in [7, 11) is 5.47. The first-order valence-corrected chi connectivity index (χ1v) is 11.1. The molecule has 9 nitrogen and oxygen atoms in total. The Bertz CT molecular complexity index is 1210. The second kappa shape index (κ2) is 9.60. The van der Waals surface area contributed by atoms with Gasteiger partial charge in [-0.3, -0.25) is 23.6 Å². The molecular formula is C24H30N6O3. The molecule has 0 saturated carbocycles. The molecule has 0 aliphatic carbocycles. The molecule has 1 aliphatic heterocycles. The topological polar surface area (TPSA) is 91.6 Å². The highest BCUT2D eigenvalue weighted by molar-refractivity contribution is 6.39. The summed E-state index contributed by atoms with van der Waals surface area (Å²) >= 11 is 0. The van der Waals surface area contributed by atoms with E-state index in [1.165, 1.54) is 9.13 Å². The molecule has 1 atom stereocenters. The van der Waals surface area contributed by atoms with E-state index in [2.05, 4.69) is 39.6 Å². The zero-order chi connectivity index (χ0) is 23.5. The van der Waals surface area contributed by atoms with Gasteiger partial charge in [-0.15, -0.1) is 0 Å². The molecule has 2 heterocycles. The fraction of sp³-hybridized carbons (Fsp3) is 0.375. The second-order valence-electron chi connectivity index (χ2n) is 8.53. The highest BCUT2D eigenvalue weighted by Crippen LogP contribution is 2.21. The lowest BCUT2D eigenvalue weighted by atomic mass is 10.0. The number of nitrogens with one attached hydrogen (secondary N) is 2. The number of amides is 2. The van der Waals surface area contributed by atoms with E-state index in [0.717, 1.165) is 37.3 Å². The summed E-state index contributed by atoms with van der Waals surface area (Å²) < 4.78 is 3.04. The van der Waals surface area contributed by atoms with Crippen molar-refractivity contribution in [2.45, 2.75) is 6.04 Å². The number of aromatic nitrogens is 2. The van der Waals surface area contributed by atoms with Crippen LogP contribution in [0.5, 0.6) is 0 Å². The van der Waals surface area contributed by atoms with Gasteiger partial charge in [0.05, 0.1) is 17.1 Å². The van der Waals surface area contributed by atoms with Crippen molar-refractivity contribution in [3.63, 3.8) is 0 Å². The molecule has 2 amide bonds. The van der Waals surface area contributed by atoms with Crippen LogP contribution >= 0.6 is 0 Å². The van der Waals surface area contributed by atoms with Gasteiger partial charge in [0, 0.05) is 52.5 Å². The number of carbonyl (C=O) groups is 2. The van der Waals surface area contributed by atoms with E-state index in [0.29, 0.717) is 17.7 Å². The number of fused-ring (bicyclic) bond motifs is 1. The number of likely N-dealkylation sites (N-methyl/N-ethyl adjacent to an activating group) is 1. The number of imidazole rings is 1. The predicted molar refractivity (Wildman–Crippen MR) is 128 cm³/mol. The zero-order valence-corrected chi connectivity index (χ0v) is 19.2. The summed E-state index contributed by atoms with van der Waals surface area (Å²) in [5.41, 5.74) is 2.85. The fourth-order valence-corrected chi connectivity index (χ4v) is 4.31. The lowest BCUT2D eigenvalue weighted by Crippen LogP contribution is -2.49. The average molecular weight is 451 g/mol. The SMILES string of the molecule is CN1CCN([C@H](CNC(=O)C(=O)Nc2ccc3c(c2)n(C)c(=O)n3C)c2ccccc2)CC1. The van der Waals surface area contributed by atoms with Crippen LogP contribution in [0.1, 0.15) is 11.6 Å². The summed E-state index contributed by atoms with van der Waals surface area (Å²) in [6.07, 6.45) is 0. The summed E-state index contributed by atoms with van der Waals surface area (Å²) in [5.74, 6) is -1.42. The number of benzene rings is 2. The maximum absolute atomic E-state index is 12.6. The minimum absolute atomic E-state index is 0.00755. The minimum Gasteiger partial charge on any atom is -0.346 e. The molecule has 1 aromatic heterocycles. The number of piperazine rings is 1. The van der Waals surface area contributed by atoms with E-state index in [9.17, 15) is 14.4 Å². The van der Waals surface area contributed by atoms with Crippen LogP contribution in [-0.4, -0.2) is 70.5 Å². The maximum Gasteiger partial charge on any atom is 0.328 e. The monoisotopic (exact) mass is 450 g/mol. The summed E-state index contributed by atoms with van der Waals surface area (Å²) in [6, 6.07) is 15.2. The van der Waals surface area contributed by atoms with Crippen LogP contribution < -0.4 is 16.3 Å². The Balaban J connectivity index is 1.43. The van der Waals surface area contributed by atoms with E-state index in [1.54, 1.807) is 32.3 Å². The minimum atomic E-state index is -0.736. The number of hydrogen-bond acceptors (Lipinski definition) is 5. The van der Waals surface area contributed by atoms with Crippen LogP contribution in [0.2, 0.25) is 0 Å². The van der Waals surface area contributed by atoms with Crippen LogP contribution in [0.15, 0.2) is 53.3 Å². The maximum atomic E-state index is 12.6. The molecule has 1 fully saturated rings. The van der Waals surface area contributed by atoms with Gasteiger partial charge in [0.2, 0.25) is 0 Å². The van der Waals surface area contributed by atoms with Crippen LogP contribution in [-0.2, 0) is 23.7 Å². The van der Waals surface area contributed by atoms with Crippen molar-refractivity contribution < 1.29 is 9.59 Å². The van der Waals surface area contributed by atoms with Crippen molar-refractivity contribution in [1.29, 1.82) is 0 Å². The first kappa shape index (κ1) is 22.8. The molecule has 0 spiro atoms. The quantitative estimate of drug-likeness (QED) is 0.564. The predicted octanol–water partition coefficient (Wildman–Crippen LogP) is 0.920. The normalized spacial score (nSPS) is 16.0.